The number of carbonyl (C=O) groups is 2. The molecule has 1 amide bonds. The lowest BCUT2D eigenvalue weighted by Crippen LogP contribution is -2.24. The van der Waals surface area contributed by atoms with Gasteiger partial charge in [0.15, 0.2) is 10.1 Å². The van der Waals surface area contributed by atoms with Gasteiger partial charge in [-0.05, 0) is 55.8 Å². The van der Waals surface area contributed by atoms with Gasteiger partial charge in [-0.15, -0.1) is 11.3 Å². The number of anilines is 2. The van der Waals surface area contributed by atoms with Crippen molar-refractivity contribution in [2.45, 2.75) is 29.9 Å². The Morgan fingerprint density at radius 2 is 1.96 bits per heavy atom. The van der Waals surface area contributed by atoms with Crippen molar-refractivity contribution < 1.29 is 9.59 Å². The van der Waals surface area contributed by atoms with Crippen LogP contribution in [0.5, 0.6) is 0 Å². The number of benzene rings is 2. The van der Waals surface area contributed by atoms with Crippen LogP contribution in [-0.2, 0) is 4.79 Å². The third-order valence-corrected chi connectivity index (χ3v) is 6.33. The van der Waals surface area contributed by atoms with Crippen LogP contribution >= 0.6 is 23.1 Å². The molecule has 2 aromatic carbocycles. The van der Waals surface area contributed by atoms with E-state index in [1.54, 1.807) is 24.3 Å². The van der Waals surface area contributed by atoms with E-state index < -0.39 is 0 Å². The summed E-state index contributed by atoms with van der Waals surface area (Å²) in [6.07, 6.45) is 0.681. The molecule has 3 aromatic rings. The number of hydrogen-bond donors (Lipinski definition) is 2. The summed E-state index contributed by atoms with van der Waals surface area (Å²) in [6.45, 7) is 3.49. The van der Waals surface area contributed by atoms with Gasteiger partial charge in [-0.2, -0.15) is 0 Å². The van der Waals surface area contributed by atoms with Crippen molar-refractivity contribution >= 4 is 56.4 Å². The number of fused-ring (bicyclic) bond motifs is 1. The fourth-order valence-corrected chi connectivity index (χ4v) is 4.71. The fourth-order valence-electron chi connectivity index (χ4n) is 2.43. The van der Waals surface area contributed by atoms with Crippen molar-refractivity contribution in [2.24, 2.45) is 0 Å². The van der Waals surface area contributed by atoms with E-state index in [1.807, 2.05) is 25.1 Å². The lowest BCUT2D eigenvalue weighted by atomic mass is 10.1. The van der Waals surface area contributed by atoms with E-state index in [4.69, 9.17) is 5.73 Å². The van der Waals surface area contributed by atoms with Crippen LogP contribution in [0.15, 0.2) is 46.8 Å². The van der Waals surface area contributed by atoms with Gasteiger partial charge >= 0.3 is 0 Å². The molecule has 0 aliphatic rings. The lowest BCUT2D eigenvalue weighted by Gasteiger charge is -2.13. The van der Waals surface area contributed by atoms with Gasteiger partial charge in [0.2, 0.25) is 5.91 Å². The zero-order valence-corrected chi connectivity index (χ0v) is 16.1. The Balaban J connectivity index is 1.70. The number of thiazole rings is 1. The van der Waals surface area contributed by atoms with Crippen LogP contribution in [-0.4, -0.2) is 21.9 Å². The molecule has 0 bridgehead atoms. The third-order valence-electron chi connectivity index (χ3n) is 3.86. The second kappa shape index (κ2) is 7.88. The highest BCUT2D eigenvalue weighted by atomic mass is 32.2. The van der Waals surface area contributed by atoms with Crippen molar-refractivity contribution in [3.05, 3.63) is 48.0 Å². The minimum atomic E-state index is -0.250. The number of hydrogen-bond acceptors (Lipinski definition) is 6. The standard InChI is InChI=1S/C19H19N3O2S2/c1-3-16(18(24)21-14-7-4-12(5-8-14)11(2)23)25-19-22-15-9-6-13(20)10-17(15)26-19/h4-10,16H,3,20H2,1-2H3,(H,21,24)/t16-/m1/s1. The van der Waals surface area contributed by atoms with Gasteiger partial charge in [-0.25, -0.2) is 4.98 Å². The molecule has 1 heterocycles. The highest BCUT2D eigenvalue weighted by Crippen LogP contribution is 2.34. The summed E-state index contributed by atoms with van der Waals surface area (Å²) in [4.78, 5) is 28.5. The Labute approximate surface area is 160 Å². The summed E-state index contributed by atoms with van der Waals surface area (Å²) < 4.78 is 1.86. The first kappa shape index (κ1) is 18.4. The quantitative estimate of drug-likeness (QED) is 0.368. The second-order valence-electron chi connectivity index (χ2n) is 5.84. The van der Waals surface area contributed by atoms with Gasteiger partial charge in [-0.1, -0.05) is 18.7 Å². The molecular formula is C19H19N3O2S2. The summed E-state index contributed by atoms with van der Waals surface area (Å²) in [6, 6.07) is 12.5. The molecule has 0 spiro atoms. The van der Waals surface area contributed by atoms with E-state index in [1.165, 1.54) is 30.0 Å². The number of carbonyl (C=O) groups excluding carboxylic acids is 2. The van der Waals surface area contributed by atoms with Crippen LogP contribution in [0, 0.1) is 0 Å². The van der Waals surface area contributed by atoms with E-state index in [0.29, 0.717) is 23.4 Å². The van der Waals surface area contributed by atoms with Crippen LogP contribution in [0.3, 0.4) is 0 Å². The van der Waals surface area contributed by atoms with Crippen LogP contribution in [0.4, 0.5) is 11.4 Å². The molecule has 0 aliphatic heterocycles. The van der Waals surface area contributed by atoms with Gasteiger partial charge in [-0.3, -0.25) is 9.59 Å². The van der Waals surface area contributed by atoms with Crippen molar-refractivity contribution in [3.8, 4) is 0 Å². The molecule has 0 radical (unpaired) electrons. The lowest BCUT2D eigenvalue weighted by molar-refractivity contribution is -0.115. The van der Waals surface area contributed by atoms with Gasteiger partial charge < -0.3 is 11.1 Å². The number of nitrogens with one attached hydrogen (secondary N) is 1. The van der Waals surface area contributed by atoms with Gasteiger partial charge in [0.05, 0.1) is 15.5 Å². The number of rotatable bonds is 6. The highest BCUT2D eigenvalue weighted by Gasteiger charge is 2.20. The highest BCUT2D eigenvalue weighted by molar-refractivity contribution is 8.02. The first-order valence-electron chi connectivity index (χ1n) is 8.21. The van der Waals surface area contributed by atoms with Crippen LogP contribution in [0.25, 0.3) is 10.2 Å². The van der Waals surface area contributed by atoms with Gasteiger partial charge in [0, 0.05) is 16.9 Å². The number of amides is 1. The molecule has 1 atom stereocenters. The molecule has 0 unspecified atom stereocenters. The molecular weight excluding hydrogens is 366 g/mol. The molecule has 0 saturated heterocycles. The predicted molar refractivity (Wildman–Crippen MR) is 109 cm³/mol. The number of thioether (sulfide) groups is 1. The summed E-state index contributed by atoms with van der Waals surface area (Å²) >= 11 is 2.99. The minimum Gasteiger partial charge on any atom is -0.399 e. The summed E-state index contributed by atoms with van der Waals surface area (Å²) in [5, 5.41) is 2.66. The van der Waals surface area contributed by atoms with Gasteiger partial charge in [0.1, 0.15) is 0 Å². The molecule has 0 aliphatic carbocycles. The van der Waals surface area contributed by atoms with Crippen molar-refractivity contribution in [3.63, 3.8) is 0 Å². The van der Waals surface area contributed by atoms with Crippen LogP contribution in [0.1, 0.15) is 30.6 Å². The maximum atomic E-state index is 12.6. The van der Waals surface area contributed by atoms with E-state index in [-0.39, 0.29) is 16.9 Å². The Bertz CT molecular complexity index is 951. The molecule has 0 fully saturated rings. The maximum absolute atomic E-state index is 12.6. The number of ketones is 1. The molecule has 1 aromatic heterocycles. The first-order valence-corrected chi connectivity index (χ1v) is 9.90. The number of aromatic nitrogens is 1. The average Bonchev–Trinajstić information content (AvgIpc) is 3.01. The number of nitrogens with zero attached hydrogens (tertiary/aromatic N) is 1. The van der Waals surface area contributed by atoms with Crippen LogP contribution < -0.4 is 11.1 Å². The average molecular weight is 386 g/mol. The zero-order valence-electron chi connectivity index (χ0n) is 14.5. The maximum Gasteiger partial charge on any atom is 0.237 e. The second-order valence-corrected chi connectivity index (χ2v) is 8.32. The Hall–Kier alpha value is -2.38. The van der Waals surface area contributed by atoms with Gasteiger partial charge in [0.25, 0.3) is 0 Å². The third kappa shape index (κ3) is 4.23. The molecule has 3 rings (SSSR count). The molecule has 134 valence electrons. The topological polar surface area (TPSA) is 85.1 Å². The SMILES string of the molecule is CC[C@@H](Sc1nc2ccc(N)cc2s1)C(=O)Nc1ccc(C(C)=O)cc1. The normalized spacial score (nSPS) is 12.1. The van der Waals surface area contributed by atoms with Crippen molar-refractivity contribution in [1.82, 2.24) is 4.98 Å². The van der Waals surface area contributed by atoms with E-state index in [2.05, 4.69) is 10.3 Å². The largest absolute Gasteiger partial charge is 0.399 e. The Kier molecular flexibility index (Phi) is 5.58. The fraction of sp³-hybridized carbons (Fsp3) is 0.211. The predicted octanol–water partition coefficient (Wildman–Crippen LogP) is 4.59. The summed E-state index contributed by atoms with van der Waals surface area (Å²) in [5.41, 5.74) is 8.71. The number of nitrogen functional groups attached to an aromatic ring is 1. The monoisotopic (exact) mass is 385 g/mol. The molecule has 7 heteroatoms. The van der Waals surface area contributed by atoms with E-state index in [9.17, 15) is 9.59 Å². The number of Topliss-reactive ketones (excluding diaryl/α,β-unsaturated/α-hetero) is 1. The smallest absolute Gasteiger partial charge is 0.237 e. The minimum absolute atomic E-state index is 0.00124. The summed E-state index contributed by atoms with van der Waals surface area (Å²) in [7, 11) is 0. The molecule has 3 N–H and O–H groups in total. The Morgan fingerprint density at radius 1 is 1.23 bits per heavy atom. The molecule has 5 nitrogen and oxygen atoms in total. The van der Waals surface area contributed by atoms with E-state index >= 15 is 0 Å². The molecule has 26 heavy (non-hydrogen) atoms. The summed E-state index contributed by atoms with van der Waals surface area (Å²) in [5.74, 6) is -0.0758. The van der Waals surface area contributed by atoms with E-state index in [0.717, 1.165) is 14.6 Å². The zero-order chi connectivity index (χ0) is 18.7. The van der Waals surface area contributed by atoms with Crippen molar-refractivity contribution in [2.75, 3.05) is 11.1 Å². The number of nitrogens with two attached hydrogens (primary N) is 1. The first-order chi connectivity index (χ1) is 12.5. The molecule has 0 saturated carbocycles. The van der Waals surface area contributed by atoms with Crippen molar-refractivity contribution in [1.29, 1.82) is 0 Å². The Morgan fingerprint density at radius 3 is 2.62 bits per heavy atom. The van der Waals surface area contributed by atoms with Crippen LogP contribution in [0.2, 0.25) is 0 Å².